The Morgan fingerprint density at radius 1 is 1.40 bits per heavy atom. The number of carbonyl (C=O) groups excluding carboxylic acids is 1. The van der Waals surface area contributed by atoms with Crippen LogP contribution in [0.15, 0.2) is 30.6 Å². The van der Waals surface area contributed by atoms with Gasteiger partial charge in [0.25, 0.3) is 0 Å². The van der Waals surface area contributed by atoms with E-state index in [1.165, 1.54) is 23.2 Å². The zero-order valence-electron chi connectivity index (χ0n) is 13.1. The Morgan fingerprint density at radius 2 is 2.16 bits per heavy atom. The van der Waals surface area contributed by atoms with Crippen LogP contribution in [-0.4, -0.2) is 44.9 Å². The number of nitrogens with one attached hydrogen (secondary N) is 1. The number of carboxylic acid groups (broad SMARTS) is 1. The minimum absolute atomic E-state index is 0.00959. The molecule has 0 aliphatic carbocycles. The lowest BCUT2D eigenvalue weighted by Gasteiger charge is -2.26. The highest BCUT2D eigenvalue weighted by Gasteiger charge is 2.39. The fourth-order valence-electron chi connectivity index (χ4n) is 2.85. The highest BCUT2D eigenvalue weighted by atomic mass is 35.5. The van der Waals surface area contributed by atoms with Gasteiger partial charge >= 0.3 is 5.97 Å². The second-order valence-electron chi connectivity index (χ2n) is 5.67. The summed E-state index contributed by atoms with van der Waals surface area (Å²) in [6.07, 6.45) is 2.60. The number of amides is 1. The average molecular weight is 365 g/mol. The first-order valence-electron chi connectivity index (χ1n) is 7.39. The monoisotopic (exact) mass is 364 g/mol. The van der Waals surface area contributed by atoms with E-state index in [2.05, 4.69) is 15.3 Å². The molecule has 3 rings (SSSR count). The molecule has 1 aliphatic rings. The second-order valence-corrected chi connectivity index (χ2v) is 6.08. The number of aromatic nitrogens is 2. The lowest BCUT2D eigenvalue weighted by atomic mass is 10.00. The molecule has 2 heterocycles. The highest BCUT2D eigenvalue weighted by molar-refractivity contribution is 6.30. The van der Waals surface area contributed by atoms with Crippen LogP contribution >= 0.6 is 11.6 Å². The van der Waals surface area contributed by atoms with Crippen LogP contribution in [0.3, 0.4) is 0 Å². The van der Waals surface area contributed by atoms with Crippen LogP contribution in [0.1, 0.15) is 28.5 Å². The fraction of sp³-hybridized carbons (Fsp3) is 0.250. The Balaban J connectivity index is 1.86. The van der Waals surface area contributed by atoms with E-state index in [-0.39, 0.29) is 29.1 Å². The van der Waals surface area contributed by atoms with Crippen molar-refractivity contribution in [2.75, 3.05) is 12.4 Å². The molecule has 9 heteroatoms. The normalized spacial score (nSPS) is 20.0. The lowest BCUT2D eigenvalue weighted by Crippen LogP contribution is -2.30. The van der Waals surface area contributed by atoms with Crippen molar-refractivity contribution in [2.24, 2.45) is 0 Å². The van der Waals surface area contributed by atoms with Gasteiger partial charge in [0.1, 0.15) is 11.6 Å². The van der Waals surface area contributed by atoms with Gasteiger partial charge in [0, 0.05) is 13.5 Å². The van der Waals surface area contributed by atoms with Crippen molar-refractivity contribution in [1.82, 2.24) is 14.9 Å². The summed E-state index contributed by atoms with van der Waals surface area (Å²) in [5.74, 6) is -1.51. The van der Waals surface area contributed by atoms with Crippen LogP contribution in [-0.2, 0) is 4.79 Å². The highest BCUT2D eigenvalue weighted by Crippen LogP contribution is 2.34. The van der Waals surface area contributed by atoms with Crippen LogP contribution in [0.25, 0.3) is 0 Å². The van der Waals surface area contributed by atoms with Crippen LogP contribution in [0, 0.1) is 5.82 Å². The molecule has 2 aromatic rings. The summed E-state index contributed by atoms with van der Waals surface area (Å²) in [5.41, 5.74) is 0.421. The van der Waals surface area contributed by atoms with Crippen LogP contribution < -0.4 is 5.32 Å². The van der Waals surface area contributed by atoms with Gasteiger partial charge in [-0.2, -0.15) is 0 Å². The summed E-state index contributed by atoms with van der Waals surface area (Å²) < 4.78 is 13.8. The molecule has 2 atom stereocenters. The molecule has 2 N–H and O–H groups in total. The van der Waals surface area contributed by atoms with E-state index in [0.717, 1.165) is 6.20 Å². The van der Waals surface area contributed by atoms with Gasteiger partial charge in [-0.05, 0) is 17.7 Å². The van der Waals surface area contributed by atoms with E-state index in [1.54, 1.807) is 13.1 Å². The maximum Gasteiger partial charge on any atom is 0.356 e. The molecule has 1 amide bonds. The van der Waals surface area contributed by atoms with Gasteiger partial charge in [-0.15, -0.1) is 0 Å². The molecule has 2 unspecified atom stereocenters. The second kappa shape index (κ2) is 6.64. The SMILES string of the molecule is CN1C(=O)CC(Nc2cnc(C(=O)O)cn2)C1c1ccc(Cl)c(F)c1. The molecule has 1 aliphatic heterocycles. The summed E-state index contributed by atoms with van der Waals surface area (Å²) in [7, 11) is 1.64. The Bertz CT molecular complexity index is 831. The number of halogens is 2. The number of hydrogen-bond acceptors (Lipinski definition) is 5. The standard InChI is InChI=1S/C16H14ClFN4O3/c1-22-14(23)5-11(15(22)8-2-3-9(17)10(18)4-8)21-13-7-19-12(6-20-13)16(24)25/h2-4,6-7,11,15H,5H2,1H3,(H,20,21)(H,24,25). The summed E-state index contributed by atoms with van der Waals surface area (Å²) in [5, 5.41) is 11.9. The average Bonchev–Trinajstić information content (AvgIpc) is 2.85. The van der Waals surface area contributed by atoms with Crippen molar-refractivity contribution < 1.29 is 19.1 Å². The smallest absolute Gasteiger partial charge is 0.356 e. The molecule has 1 aromatic carbocycles. The van der Waals surface area contributed by atoms with Crippen molar-refractivity contribution in [3.8, 4) is 0 Å². The number of likely N-dealkylation sites (N-methyl/N-ethyl adjacent to an activating group) is 1. The molecule has 1 saturated heterocycles. The number of nitrogens with zero attached hydrogens (tertiary/aromatic N) is 3. The number of hydrogen-bond donors (Lipinski definition) is 2. The number of carboxylic acids is 1. The number of anilines is 1. The van der Waals surface area contributed by atoms with E-state index < -0.39 is 17.8 Å². The lowest BCUT2D eigenvalue weighted by molar-refractivity contribution is -0.127. The number of benzene rings is 1. The quantitative estimate of drug-likeness (QED) is 0.864. The minimum Gasteiger partial charge on any atom is -0.476 e. The molecule has 1 aromatic heterocycles. The first kappa shape index (κ1) is 17.1. The zero-order chi connectivity index (χ0) is 18.1. The maximum absolute atomic E-state index is 13.8. The molecular formula is C16H14ClFN4O3. The molecule has 25 heavy (non-hydrogen) atoms. The van der Waals surface area contributed by atoms with E-state index in [1.807, 2.05) is 0 Å². The fourth-order valence-corrected chi connectivity index (χ4v) is 2.97. The topological polar surface area (TPSA) is 95.4 Å². The molecule has 130 valence electrons. The molecule has 7 nitrogen and oxygen atoms in total. The van der Waals surface area contributed by atoms with Gasteiger partial charge in [-0.3, -0.25) is 4.79 Å². The van der Waals surface area contributed by atoms with Crippen molar-refractivity contribution in [1.29, 1.82) is 0 Å². The van der Waals surface area contributed by atoms with Gasteiger partial charge in [-0.1, -0.05) is 17.7 Å². The maximum atomic E-state index is 13.8. The van der Waals surface area contributed by atoms with Crippen LogP contribution in [0.2, 0.25) is 5.02 Å². The van der Waals surface area contributed by atoms with Gasteiger partial charge in [0.05, 0.1) is 29.5 Å². The van der Waals surface area contributed by atoms with Gasteiger partial charge in [0.15, 0.2) is 5.69 Å². The zero-order valence-corrected chi connectivity index (χ0v) is 13.9. The predicted octanol–water partition coefficient (Wildman–Crippen LogP) is 2.35. The first-order chi connectivity index (χ1) is 11.9. The minimum atomic E-state index is -1.18. The van der Waals surface area contributed by atoms with E-state index in [9.17, 15) is 14.0 Å². The molecule has 0 spiro atoms. The van der Waals surface area contributed by atoms with Gasteiger partial charge < -0.3 is 15.3 Å². The van der Waals surface area contributed by atoms with Crippen LogP contribution in [0.4, 0.5) is 10.2 Å². The Kier molecular flexibility index (Phi) is 4.54. The molecule has 1 fully saturated rings. The summed E-state index contributed by atoms with van der Waals surface area (Å²) in [6.45, 7) is 0. The Morgan fingerprint density at radius 3 is 2.76 bits per heavy atom. The summed E-state index contributed by atoms with van der Waals surface area (Å²) in [4.78, 5) is 32.2. The first-order valence-corrected chi connectivity index (χ1v) is 7.77. The third-order valence-electron chi connectivity index (χ3n) is 4.08. The molecule has 0 saturated carbocycles. The van der Waals surface area contributed by atoms with E-state index in [0.29, 0.717) is 11.4 Å². The van der Waals surface area contributed by atoms with Crippen molar-refractivity contribution >= 4 is 29.3 Å². The van der Waals surface area contributed by atoms with E-state index >= 15 is 0 Å². The van der Waals surface area contributed by atoms with Gasteiger partial charge in [-0.25, -0.2) is 19.2 Å². The van der Waals surface area contributed by atoms with Crippen molar-refractivity contribution in [2.45, 2.75) is 18.5 Å². The third-order valence-corrected chi connectivity index (χ3v) is 4.38. The summed E-state index contributed by atoms with van der Waals surface area (Å²) >= 11 is 5.72. The van der Waals surface area contributed by atoms with Gasteiger partial charge in [0.2, 0.25) is 5.91 Å². The largest absolute Gasteiger partial charge is 0.476 e. The molecular weight excluding hydrogens is 351 g/mol. The van der Waals surface area contributed by atoms with E-state index in [4.69, 9.17) is 16.7 Å². The van der Waals surface area contributed by atoms with Crippen molar-refractivity contribution in [3.05, 3.63) is 52.7 Å². The molecule has 0 bridgehead atoms. The predicted molar refractivity (Wildman–Crippen MR) is 87.9 cm³/mol. The molecule has 0 radical (unpaired) electrons. The Hall–Kier alpha value is -2.74. The Labute approximate surface area is 147 Å². The number of rotatable bonds is 4. The van der Waals surface area contributed by atoms with Crippen molar-refractivity contribution in [3.63, 3.8) is 0 Å². The third kappa shape index (κ3) is 3.39. The summed E-state index contributed by atoms with van der Waals surface area (Å²) in [6, 6.07) is 3.62. The van der Waals surface area contributed by atoms with Crippen LogP contribution in [0.5, 0.6) is 0 Å². The number of carbonyl (C=O) groups is 2. The number of aromatic carboxylic acids is 1. The number of likely N-dealkylation sites (tertiary alicyclic amines) is 1.